The maximum Gasteiger partial charge on any atom is 0.317 e. The van der Waals surface area contributed by atoms with Crippen LogP contribution in [0.4, 0.5) is 4.79 Å². The molecule has 2 amide bonds. The molecule has 1 aromatic rings. The average molecular weight is 361 g/mol. The maximum absolute atomic E-state index is 12.9. The number of benzene rings is 1. The van der Waals surface area contributed by atoms with E-state index in [2.05, 4.69) is 30.1 Å². The molecule has 6 nitrogen and oxygen atoms in total. The fraction of sp³-hybridized carbons (Fsp3) is 0.650. The van der Waals surface area contributed by atoms with E-state index >= 15 is 0 Å². The van der Waals surface area contributed by atoms with Crippen LogP contribution in [0, 0.1) is 0 Å². The molecule has 0 bridgehead atoms. The predicted octanol–water partition coefficient (Wildman–Crippen LogP) is 2.65. The summed E-state index contributed by atoms with van der Waals surface area (Å²) in [5.41, 5.74) is 1.06. The second-order valence-corrected chi connectivity index (χ2v) is 7.70. The second-order valence-electron chi connectivity index (χ2n) is 7.70. The summed E-state index contributed by atoms with van der Waals surface area (Å²) in [6, 6.07) is 8.19. The van der Waals surface area contributed by atoms with E-state index in [4.69, 9.17) is 9.47 Å². The van der Waals surface area contributed by atoms with E-state index in [0.29, 0.717) is 6.54 Å². The Balaban J connectivity index is 1.61. The number of ether oxygens (including phenoxy) is 2. The van der Waals surface area contributed by atoms with Gasteiger partial charge in [-0.15, -0.1) is 0 Å². The van der Waals surface area contributed by atoms with E-state index in [1.807, 2.05) is 23.1 Å². The maximum atomic E-state index is 12.9. The molecule has 2 aliphatic heterocycles. The van der Waals surface area contributed by atoms with Crippen LogP contribution in [0.2, 0.25) is 0 Å². The standard InChI is InChI=1S/C20H31N3O3/c1-20(2,22-10-12-26-13-11-22)15-21-19(24)23-9-5-8-18(23)16-6-4-7-17(14-16)25-3/h4,6-7,14,18H,5,8-13,15H2,1-3H3,(H,21,24). The summed E-state index contributed by atoms with van der Waals surface area (Å²) in [4.78, 5) is 17.2. The quantitative estimate of drug-likeness (QED) is 0.876. The Kier molecular flexibility index (Phi) is 6.04. The second kappa shape index (κ2) is 8.27. The molecule has 2 aliphatic rings. The molecule has 6 heteroatoms. The largest absolute Gasteiger partial charge is 0.497 e. The van der Waals surface area contributed by atoms with Crippen molar-refractivity contribution in [2.75, 3.05) is 46.5 Å². The molecular formula is C20H31N3O3. The van der Waals surface area contributed by atoms with E-state index in [9.17, 15) is 4.79 Å². The topological polar surface area (TPSA) is 54.0 Å². The molecule has 2 fully saturated rings. The molecule has 2 saturated heterocycles. The first kappa shape index (κ1) is 19.0. The summed E-state index contributed by atoms with van der Waals surface area (Å²) in [7, 11) is 1.67. The number of hydrogen-bond donors (Lipinski definition) is 1. The van der Waals surface area contributed by atoms with Gasteiger partial charge in [-0.3, -0.25) is 4.90 Å². The van der Waals surface area contributed by atoms with Crippen LogP contribution in [0.1, 0.15) is 38.3 Å². The number of morpholine rings is 1. The molecule has 0 aromatic heterocycles. The third-order valence-electron chi connectivity index (χ3n) is 5.53. The first-order chi connectivity index (χ1) is 12.5. The number of nitrogens with one attached hydrogen (secondary N) is 1. The summed E-state index contributed by atoms with van der Waals surface area (Å²) < 4.78 is 10.8. The van der Waals surface area contributed by atoms with Gasteiger partial charge in [0.15, 0.2) is 0 Å². The summed E-state index contributed by atoms with van der Waals surface area (Å²) >= 11 is 0. The molecule has 1 unspecified atom stereocenters. The number of hydrogen-bond acceptors (Lipinski definition) is 4. The molecule has 0 spiro atoms. The molecule has 1 aromatic carbocycles. The van der Waals surface area contributed by atoms with Crippen molar-refractivity contribution in [3.05, 3.63) is 29.8 Å². The Labute approximate surface area is 156 Å². The number of urea groups is 1. The van der Waals surface area contributed by atoms with Crippen molar-refractivity contribution in [2.24, 2.45) is 0 Å². The van der Waals surface area contributed by atoms with Gasteiger partial charge in [0.25, 0.3) is 0 Å². The summed E-state index contributed by atoms with van der Waals surface area (Å²) in [6.45, 7) is 9.16. The van der Waals surface area contributed by atoms with Crippen molar-refractivity contribution >= 4 is 6.03 Å². The van der Waals surface area contributed by atoms with Gasteiger partial charge in [-0.2, -0.15) is 0 Å². The highest BCUT2D eigenvalue weighted by Crippen LogP contribution is 2.33. The van der Waals surface area contributed by atoms with Crippen molar-refractivity contribution in [3.8, 4) is 5.75 Å². The van der Waals surface area contributed by atoms with Gasteiger partial charge in [-0.05, 0) is 44.4 Å². The van der Waals surface area contributed by atoms with Crippen molar-refractivity contribution in [2.45, 2.75) is 38.3 Å². The third kappa shape index (κ3) is 4.30. The zero-order chi connectivity index (χ0) is 18.6. The minimum Gasteiger partial charge on any atom is -0.497 e. The zero-order valence-corrected chi connectivity index (χ0v) is 16.2. The number of carbonyl (C=O) groups excluding carboxylic acids is 1. The third-order valence-corrected chi connectivity index (χ3v) is 5.53. The number of likely N-dealkylation sites (tertiary alicyclic amines) is 1. The zero-order valence-electron chi connectivity index (χ0n) is 16.2. The van der Waals surface area contributed by atoms with Crippen LogP contribution in [0.15, 0.2) is 24.3 Å². The van der Waals surface area contributed by atoms with Crippen LogP contribution < -0.4 is 10.1 Å². The Bertz CT molecular complexity index is 614. The molecule has 2 heterocycles. The molecule has 0 saturated carbocycles. The average Bonchev–Trinajstić information content (AvgIpc) is 3.17. The van der Waals surface area contributed by atoms with E-state index in [0.717, 1.165) is 57.0 Å². The lowest BCUT2D eigenvalue weighted by atomic mass is 10.0. The summed E-state index contributed by atoms with van der Waals surface area (Å²) in [5, 5.41) is 3.16. The molecule has 26 heavy (non-hydrogen) atoms. The lowest BCUT2D eigenvalue weighted by molar-refractivity contribution is -0.00907. The first-order valence-corrected chi connectivity index (χ1v) is 9.52. The normalized spacial score (nSPS) is 21.7. The van der Waals surface area contributed by atoms with Gasteiger partial charge in [0.05, 0.1) is 26.4 Å². The molecule has 1 N–H and O–H groups in total. The molecule has 0 aliphatic carbocycles. The van der Waals surface area contributed by atoms with E-state index in [1.165, 1.54) is 0 Å². The SMILES string of the molecule is COc1cccc(C2CCCN2C(=O)NCC(C)(C)N2CCOCC2)c1. The highest BCUT2D eigenvalue weighted by atomic mass is 16.5. The van der Waals surface area contributed by atoms with Gasteiger partial charge < -0.3 is 19.7 Å². The van der Waals surface area contributed by atoms with Gasteiger partial charge >= 0.3 is 6.03 Å². The number of nitrogens with zero attached hydrogens (tertiary/aromatic N) is 2. The smallest absolute Gasteiger partial charge is 0.317 e. The number of carbonyl (C=O) groups is 1. The van der Waals surface area contributed by atoms with Crippen molar-refractivity contribution in [3.63, 3.8) is 0 Å². The van der Waals surface area contributed by atoms with Gasteiger partial charge in [0.2, 0.25) is 0 Å². The van der Waals surface area contributed by atoms with Crippen molar-refractivity contribution in [1.29, 1.82) is 0 Å². The Hall–Kier alpha value is -1.79. The monoisotopic (exact) mass is 361 g/mol. The highest BCUT2D eigenvalue weighted by molar-refractivity contribution is 5.75. The van der Waals surface area contributed by atoms with Gasteiger partial charge in [0.1, 0.15) is 5.75 Å². The van der Waals surface area contributed by atoms with Crippen LogP contribution in [-0.4, -0.2) is 67.9 Å². The van der Waals surface area contributed by atoms with Crippen molar-refractivity contribution in [1.82, 2.24) is 15.1 Å². The molecule has 0 radical (unpaired) electrons. The predicted molar refractivity (Wildman–Crippen MR) is 102 cm³/mol. The van der Waals surface area contributed by atoms with Crippen LogP contribution in [0.5, 0.6) is 5.75 Å². The van der Waals surface area contributed by atoms with E-state index < -0.39 is 0 Å². The lowest BCUT2D eigenvalue weighted by Gasteiger charge is -2.41. The fourth-order valence-electron chi connectivity index (χ4n) is 3.88. The van der Waals surface area contributed by atoms with Crippen LogP contribution in [-0.2, 0) is 4.74 Å². The first-order valence-electron chi connectivity index (χ1n) is 9.52. The van der Waals surface area contributed by atoms with Gasteiger partial charge in [-0.25, -0.2) is 4.79 Å². The van der Waals surface area contributed by atoms with E-state index in [1.54, 1.807) is 7.11 Å². The Morgan fingerprint density at radius 1 is 1.31 bits per heavy atom. The van der Waals surface area contributed by atoms with Gasteiger partial charge in [-0.1, -0.05) is 12.1 Å². The minimum atomic E-state index is -0.0787. The Morgan fingerprint density at radius 3 is 2.81 bits per heavy atom. The van der Waals surface area contributed by atoms with Crippen molar-refractivity contribution < 1.29 is 14.3 Å². The van der Waals surface area contributed by atoms with Crippen LogP contribution in [0.25, 0.3) is 0 Å². The lowest BCUT2D eigenvalue weighted by Crippen LogP contribution is -2.56. The van der Waals surface area contributed by atoms with Crippen LogP contribution in [0.3, 0.4) is 0 Å². The number of rotatable bonds is 5. The molecule has 144 valence electrons. The van der Waals surface area contributed by atoms with E-state index in [-0.39, 0.29) is 17.6 Å². The number of methoxy groups -OCH3 is 1. The molecule has 1 atom stereocenters. The minimum absolute atomic E-state index is 0.0247. The molecular weight excluding hydrogens is 330 g/mol. The number of amides is 2. The summed E-state index contributed by atoms with van der Waals surface area (Å²) in [6.07, 6.45) is 2.02. The highest BCUT2D eigenvalue weighted by Gasteiger charge is 2.33. The van der Waals surface area contributed by atoms with Gasteiger partial charge in [0, 0.05) is 31.7 Å². The molecule has 3 rings (SSSR count). The fourth-order valence-corrected chi connectivity index (χ4v) is 3.88. The summed E-state index contributed by atoms with van der Waals surface area (Å²) in [5.74, 6) is 0.836. The Morgan fingerprint density at radius 2 is 2.08 bits per heavy atom. The van der Waals surface area contributed by atoms with Crippen LogP contribution >= 0.6 is 0 Å².